The predicted molar refractivity (Wildman–Crippen MR) is 59.0 cm³/mol. The smallest absolute Gasteiger partial charge is 0.166 e. The van der Waals surface area contributed by atoms with Crippen LogP contribution in [-0.2, 0) is 0 Å². The van der Waals surface area contributed by atoms with Gasteiger partial charge >= 0.3 is 0 Å². The van der Waals surface area contributed by atoms with E-state index in [0.717, 1.165) is 6.07 Å². The number of nitrogens with two attached hydrogens (primary N) is 1. The third kappa shape index (κ3) is 3.50. The molecule has 1 atom stereocenters. The van der Waals surface area contributed by atoms with Gasteiger partial charge in [-0.1, -0.05) is 11.6 Å². The van der Waals surface area contributed by atoms with Crippen LogP contribution >= 0.6 is 24.0 Å². The fourth-order valence-corrected chi connectivity index (χ4v) is 1.38. The van der Waals surface area contributed by atoms with Crippen molar-refractivity contribution >= 4 is 24.0 Å². The zero-order valence-corrected chi connectivity index (χ0v) is 9.35. The van der Waals surface area contributed by atoms with Crippen molar-refractivity contribution < 1.29 is 14.6 Å². The summed E-state index contributed by atoms with van der Waals surface area (Å²) in [5.74, 6) is -1.31. The van der Waals surface area contributed by atoms with E-state index in [0.29, 0.717) is 0 Å². The third-order valence-electron chi connectivity index (χ3n) is 1.90. The van der Waals surface area contributed by atoms with Gasteiger partial charge in [0.05, 0.1) is 0 Å². The van der Waals surface area contributed by atoms with Crippen molar-refractivity contribution in [3.05, 3.63) is 28.5 Å². The summed E-state index contributed by atoms with van der Waals surface area (Å²) >= 11 is 5.60. The molecule has 0 aliphatic carbocycles. The summed E-state index contributed by atoms with van der Waals surface area (Å²) in [4.78, 5) is 0. The molecular weight excluding hydrogens is 244 g/mol. The molecule has 1 aromatic carbocycles. The van der Waals surface area contributed by atoms with Crippen LogP contribution in [-0.4, -0.2) is 16.8 Å². The molecule has 0 unspecified atom stereocenters. The molecule has 0 amide bonds. The lowest BCUT2D eigenvalue weighted by Crippen LogP contribution is -2.12. The maximum atomic E-state index is 13.0. The van der Waals surface area contributed by atoms with Crippen molar-refractivity contribution in [2.45, 2.75) is 12.5 Å². The Kier molecular flexibility index (Phi) is 5.90. The Morgan fingerprint density at radius 2 is 2.07 bits per heavy atom. The number of aliphatic hydroxyl groups excluding tert-OH is 1. The quantitative estimate of drug-likeness (QED) is 0.774. The molecule has 86 valence electrons. The molecule has 3 nitrogen and oxygen atoms in total. The van der Waals surface area contributed by atoms with Crippen molar-refractivity contribution in [2.75, 3.05) is 6.61 Å². The zero-order chi connectivity index (χ0) is 10.7. The first-order valence-corrected chi connectivity index (χ1v) is 4.48. The lowest BCUT2D eigenvalue weighted by atomic mass is 10.0. The van der Waals surface area contributed by atoms with E-state index in [2.05, 4.69) is 0 Å². The van der Waals surface area contributed by atoms with Crippen LogP contribution in [0.15, 0.2) is 12.1 Å². The first-order chi connectivity index (χ1) is 6.56. The Labute approximate surface area is 98.1 Å². The molecular formula is C9H12Cl2FNO2. The Hall–Kier alpha value is -0.550. The van der Waals surface area contributed by atoms with Gasteiger partial charge in [-0.3, -0.25) is 0 Å². The number of phenolic OH excluding ortho intramolecular Hbond substituents is 1. The molecule has 0 fully saturated rings. The van der Waals surface area contributed by atoms with Crippen LogP contribution < -0.4 is 5.73 Å². The summed E-state index contributed by atoms with van der Waals surface area (Å²) in [5, 5.41) is 18.1. The van der Waals surface area contributed by atoms with Gasteiger partial charge in [0.25, 0.3) is 0 Å². The summed E-state index contributed by atoms with van der Waals surface area (Å²) < 4.78 is 13.0. The average molecular weight is 256 g/mol. The van der Waals surface area contributed by atoms with Gasteiger partial charge in [0, 0.05) is 23.2 Å². The van der Waals surface area contributed by atoms with E-state index in [9.17, 15) is 9.50 Å². The highest BCUT2D eigenvalue weighted by molar-refractivity contribution is 6.30. The second kappa shape index (κ2) is 6.12. The fourth-order valence-electron chi connectivity index (χ4n) is 1.16. The van der Waals surface area contributed by atoms with Crippen molar-refractivity contribution in [3.8, 4) is 5.75 Å². The maximum absolute atomic E-state index is 13.0. The highest BCUT2D eigenvalue weighted by atomic mass is 35.5. The largest absolute Gasteiger partial charge is 0.505 e. The number of hydrogen-bond acceptors (Lipinski definition) is 3. The van der Waals surface area contributed by atoms with Gasteiger partial charge in [-0.15, -0.1) is 12.4 Å². The van der Waals surface area contributed by atoms with E-state index < -0.39 is 17.6 Å². The van der Waals surface area contributed by atoms with Gasteiger partial charge < -0.3 is 15.9 Å². The zero-order valence-electron chi connectivity index (χ0n) is 7.78. The van der Waals surface area contributed by atoms with Crippen molar-refractivity contribution in [2.24, 2.45) is 5.73 Å². The lowest BCUT2D eigenvalue weighted by Gasteiger charge is -2.12. The Morgan fingerprint density at radius 3 is 2.60 bits per heavy atom. The molecule has 6 heteroatoms. The lowest BCUT2D eigenvalue weighted by molar-refractivity contribution is 0.275. The fraction of sp³-hybridized carbons (Fsp3) is 0.333. The minimum atomic E-state index is -0.805. The maximum Gasteiger partial charge on any atom is 0.166 e. The molecule has 0 heterocycles. The van der Waals surface area contributed by atoms with Crippen LogP contribution in [0.2, 0.25) is 5.02 Å². The molecule has 1 rings (SSSR count). The normalized spacial score (nSPS) is 12.0. The summed E-state index contributed by atoms with van der Waals surface area (Å²) in [6, 6.07) is 1.78. The first kappa shape index (κ1) is 14.5. The van der Waals surface area contributed by atoms with E-state index in [4.69, 9.17) is 22.4 Å². The molecule has 0 saturated heterocycles. The van der Waals surface area contributed by atoms with Crippen LogP contribution in [0, 0.1) is 5.82 Å². The monoisotopic (exact) mass is 255 g/mol. The van der Waals surface area contributed by atoms with Crippen molar-refractivity contribution in [1.29, 1.82) is 0 Å². The number of halogens is 3. The minimum Gasteiger partial charge on any atom is -0.505 e. The van der Waals surface area contributed by atoms with E-state index in [1.165, 1.54) is 6.07 Å². The summed E-state index contributed by atoms with van der Waals surface area (Å²) in [6.07, 6.45) is 0.243. The molecule has 0 aliphatic rings. The highest BCUT2D eigenvalue weighted by Gasteiger charge is 2.15. The SMILES string of the molecule is Cl.N[C@H](CCO)c1cc(Cl)cc(F)c1O. The molecule has 15 heavy (non-hydrogen) atoms. The Bertz CT molecular complexity index is 336. The molecule has 0 aliphatic heterocycles. The van der Waals surface area contributed by atoms with Crippen LogP contribution in [0.4, 0.5) is 4.39 Å². The number of phenols is 1. The van der Waals surface area contributed by atoms with Crippen LogP contribution in [0.3, 0.4) is 0 Å². The van der Waals surface area contributed by atoms with Gasteiger partial charge in [0.15, 0.2) is 11.6 Å². The van der Waals surface area contributed by atoms with Gasteiger partial charge in [0.1, 0.15) is 0 Å². The molecule has 4 N–H and O–H groups in total. The third-order valence-corrected chi connectivity index (χ3v) is 2.12. The van der Waals surface area contributed by atoms with Gasteiger partial charge in [-0.2, -0.15) is 0 Å². The van der Waals surface area contributed by atoms with Crippen LogP contribution in [0.1, 0.15) is 18.0 Å². The number of rotatable bonds is 3. The highest BCUT2D eigenvalue weighted by Crippen LogP contribution is 2.30. The second-order valence-electron chi connectivity index (χ2n) is 2.94. The van der Waals surface area contributed by atoms with E-state index >= 15 is 0 Å². The predicted octanol–water partition coefficient (Wildman–Crippen LogP) is 1.99. The molecule has 0 radical (unpaired) electrons. The number of benzene rings is 1. The van der Waals surface area contributed by atoms with E-state index in [1.807, 2.05) is 0 Å². The number of aliphatic hydroxyl groups is 1. The van der Waals surface area contributed by atoms with E-state index in [-0.39, 0.29) is 36.0 Å². The molecule has 0 bridgehead atoms. The van der Waals surface area contributed by atoms with Gasteiger partial charge in [-0.05, 0) is 18.6 Å². The standard InChI is InChI=1S/C9H11ClFNO2.ClH/c10-5-3-6(8(12)1-2-13)9(14)7(11)4-5;/h3-4,8,13-14H,1-2,12H2;1H/t8-;/m1./s1. The van der Waals surface area contributed by atoms with E-state index in [1.54, 1.807) is 0 Å². The van der Waals surface area contributed by atoms with Gasteiger partial charge in [0.2, 0.25) is 0 Å². The topological polar surface area (TPSA) is 66.5 Å². The summed E-state index contributed by atoms with van der Waals surface area (Å²) in [7, 11) is 0. The number of aromatic hydroxyl groups is 1. The summed E-state index contributed by atoms with van der Waals surface area (Å²) in [6.45, 7) is -0.130. The Morgan fingerprint density at radius 1 is 1.47 bits per heavy atom. The van der Waals surface area contributed by atoms with Gasteiger partial charge in [-0.25, -0.2) is 4.39 Å². The minimum absolute atomic E-state index is 0. The molecule has 1 aromatic rings. The average Bonchev–Trinajstić information content (AvgIpc) is 2.11. The van der Waals surface area contributed by atoms with Crippen LogP contribution in [0.25, 0.3) is 0 Å². The number of hydrogen-bond donors (Lipinski definition) is 3. The van der Waals surface area contributed by atoms with Crippen molar-refractivity contribution in [1.82, 2.24) is 0 Å². The molecule has 0 spiro atoms. The Balaban J connectivity index is 0.00000196. The molecule has 0 saturated carbocycles. The van der Waals surface area contributed by atoms with Crippen LogP contribution in [0.5, 0.6) is 5.75 Å². The van der Waals surface area contributed by atoms with Crippen molar-refractivity contribution in [3.63, 3.8) is 0 Å². The summed E-state index contributed by atoms with van der Waals surface area (Å²) in [5.41, 5.74) is 5.81. The molecule has 0 aromatic heterocycles. The first-order valence-electron chi connectivity index (χ1n) is 4.10. The second-order valence-corrected chi connectivity index (χ2v) is 3.38.